The van der Waals surface area contributed by atoms with Gasteiger partial charge in [0.1, 0.15) is 0 Å². The van der Waals surface area contributed by atoms with E-state index in [1.807, 2.05) is 35.2 Å². The number of hydrogen-bond donors (Lipinski definition) is 1. The van der Waals surface area contributed by atoms with Crippen LogP contribution in [0.2, 0.25) is 10.0 Å². The van der Waals surface area contributed by atoms with Gasteiger partial charge in [0.05, 0.1) is 10.7 Å². The van der Waals surface area contributed by atoms with E-state index in [0.717, 1.165) is 24.7 Å². The predicted octanol–water partition coefficient (Wildman–Crippen LogP) is 4.34. The van der Waals surface area contributed by atoms with Crippen LogP contribution < -0.4 is 5.32 Å². The molecular weight excluding hydrogens is 345 g/mol. The Balaban J connectivity index is 1.51. The number of benzene rings is 2. The van der Waals surface area contributed by atoms with Gasteiger partial charge >= 0.3 is 6.03 Å². The van der Waals surface area contributed by atoms with E-state index in [0.29, 0.717) is 23.8 Å². The summed E-state index contributed by atoms with van der Waals surface area (Å²) in [4.78, 5) is 16.5. The zero-order valence-corrected chi connectivity index (χ0v) is 14.7. The average molecular weight is 364 g/mol. The summed E-state index contributed by atoms with van der Waals surface area (Å²) in [5.41, 5.74) is 1.84. The molecule has 24 heavy (non-hydrogen) atoms. The van der Waals surface area contributed by atoms with Gasteiger partial charge in [0.15, 0.2) is 0 Å². The lowest BCUT2D eigenvalue weighted by atomic mass is 10.2. The Morgan fingerprint density at radius 2 is 1.75 bits per heavy atom. The third-order valence-corrected chi connectivity index (χ3v) is 4.63. The fourth-order valence-corrected chi connectivity index (χ4v) is 3.16. The van der Waals surface area contributed by atoms with Crippen molar-refractivity contribution in [1.82, 2.24) is 9.80 Å². The fraction of sp³-hybridized carbons (Fsp3) is 0.278. The molecule has 2 aromatic rings. The maximum Gasteiger partial charge on any atom is 0.321 e. The van der Waals surface area contributed by atoms with Gasteiger partial charge in [0.25, 0.3) is 0 Å². The standard InChI is InChI=1S/C18H19Cl2N3O/c19-15-5-3-4-14(12-15)13-22-8-10-23(11-9-22)18(24)21-17-7-2-1-6-16(17)20/h1-7,12H,8-11,13H2,(H,21,24). The van der Waals surface area contributed by atoms with Crippen molar-refractivity contribution in [1.29, 1.82) is 0 Å². The van der Waals surface area contributed by atoms with Crippen molar-refractivity contribution in [2.24, 2.45) is 0 Å². The molecule has 6 heteroatoms. The number of carbonyl (C=O) groups excluding carboxylic acids is 1. The van der Waals surface area contributed by atoms with E-state index in [-0.39, 0.29) is 6.03 Å². The van der Waals surface area contributed by atoms with Crippen molar-refractivity contribution in [3.05, 3.63) is 64.1 Å². The van der Waals surface area contributed by atoms with Gasteiger partial charge in [-0.15, -0.1) is 0 Å². The number of amides is 2. The molecule has 0 aliphatic carbocycles. The predicted molar refractivity (Wildman–Crippen MR) is 98.8 cm³/mol. The van der Waals surface area contributed by atoms with E-state index in [9.17, 15) is 4.79 Å². The van der Waals surface area contributed by atoms with Gasteiger partial charge in [-0.3, -0.25) is 4.90 Å². The van der Waals surface area contributed by atoms with E-state index in [1.165, 1.54) is 5.56 Å². The normalized spacial score (nSPS) is 15.3. The molecule has 1 saturated heterocycles. The molecule has 1 aliphatic heterocycles. The molecule has 0 bridgehead atoms. The number of halogens is 2. The summed E-state index contributed by atoms with van der Waals surface area (Å²) in [6, 6.07) is 15.0. The highest BCUT2D eigenvalue weighted by Gasteiger charge is 2.21. The molecule has 1 heterocycles. The molecule has 4 nitrogen and oxygen atoms in total. The lowest BCUT2D eigenvalue weighted by Crippen LogP contribution is -2.49. The number of nitrogens with zero attached hydrogens (tertiary/aromatic N) is 2. The number of rotatable bonds is 3. The summed E-state index contributed by atoms with van der Waals surface area (Å²) in [6.45, 7) is 3.90. The molecule has 0 radical (unpaired) electrons. The smallest absolute Gasteiger partial charge is 0.321 e. The van der Waals surface area contributed by atoms with Crippen LogP contribution in [0.1, 0.15) is 5.56 Å². The number of para-hydroxylation sites is 1. The minimum Gasteiger partial charge on any atom is -0.322 e. The van der Waals surface area contributed by atoms with Crippen molar-refractivity contribution in [2.75, 3.05) is 31.5 Å². The Hall–Kier alpha value is -1.75. The van der Waals surface area contributed by atoms with Crippen molar-refractivity contribution < 1.29 is 4.79 Å². The molecule has 0 atom stereocenters. The van der Waals surface area contributed by atoms with Crippen molar-refractivity contribution >= 4 is 34.9 Å². The van der Waals surface area contributed by atoms with E-state index in [1.54, 1.807) is 12.1 Å². The SMILES string of the molecule is O=C(Nc1ccccc1Cl)N1CCN(Cc2cccc(Cl)c2)CC1. The van der Waals surface area contributed by atoms with Crippen LogP contribution in [0.25, 0.3) is 0 Å². The Morgan fingerprint density at radius 3 is 2.46 bits per heavy atom. The summed E-state index contributed by atoms with van der Waals surface area (Å²) >= 11 is 12.1. The molecule has 2 aromatic carbocycles. The second-order valence-electron chi connectivity index (χ2n) is 5.80. The second kappa shape index (κ2) is 7.88. The highest BCUT2D eigenvalue weighted by molar-refractivity contribution is 6.33. The Kier molecular flexibility index (Phi) is 5.61. The molecule has 2 amide bonds. The Morgan fingerprint density at radius 1 is 1.00 bits per heavy atom. The number of carbonyl (C=O) groups is 1. The lowest BCUT2D eigenvalue weighted by Gasteiger charge is -2.34. The van der Waals surface area contributed by atoms with Crippen LogP contribution in [0.4, 0.5) is 10.5 Å². The zero-order chi connectivity index (χ0) is 16.9. The van der Waals surface area contributed by atoms with Gasteiger partial charge in [-0.1, -0.05) is 47.5 Å². The summed E-state index contributed by atoms with van der Waals surface area (Å²) in [7, 11) is 0. The minimum absolute atomic E-state index is 0.106. The van der Waals surface area contributed by atoms with Crippen LogP contribution in [0.5, 0.6) is 0 Å². The molecule has 0 spiro atoms. The van der Waals surface area contributed by atoms with Gasteiger partial charge < -0.3 is 10.2 Å². The number of nitrogens with one attached hydrogen (secondary N) is 1. The van der Waals surface area contributed by atoms with Crippen LogP contribution >= 0.6 is 23.2 Å². The monoisotopic (exact) mass is 363 g/mol. The third-order valence-electron chi connectivity index (χ3n) is 4.07. The van der Waals surface area contributed by atoms with Gasteiger partial charge in [-0.05, 0) is 29.8 Å². The molecule has 0 saturated carbocycles. The number of anilines is 1. The maximum absolute atomic E-state index is 12.3. The topological polar surface area (TPSA) is 35.6 Å². The summed E-state index contributed by atoms with van der Waals surface area (Å²) < 4.78 is 0. The van der Waals surface area contributed by atoms with Crippen LogP contribution in [-0.4, -0.2) is 42.0 Å². The van der Waals surface area contributed by atoms with Gasteiger partial charge in [-0.25, -0.2) is 4.79 Å². The Bertz CT molecular complexity index is 715. The third kappa shape index (κ3) is 4.41. The lowest BCUT2D eigenvalue weighted by molar-refractivity contribution is 0.143. The zero-order valence-electron chi connectivity index (χ0n) is 13.2. The van der Waals surface area contributed by atoms with Gasteiger partial charge in [-0.2, -0.15) is 0 Å². The van der Waals surface area contributed by atoms with E-state index < -0.39 is 0 Å². The number of piperazine rings is 1. The molecule has 1 N–H and O–H groups in total. The van der Waals surface area contributed by atoms with Gasteiger partial charge in [0, 0.05) is 37.7 Å². The molecular formula is C18H19Cl2N3O. The average Bonchev–Trinajstić information content (AvgIpc) is 2.57. The summed E-state index contributed by atoms with van der Waals surface area (Å²) in [5, 5.41) is 4.17. The summed E-state index contributed by atoms with van der Waals surface area (Å²) in [5.74, 6) is 0. The molecule has 0 aromatic heterocycles. The molecule has 1 fully saturated rings. The van der Waals surface area contributed by atoms with Crippen molar-refractivity contribution in [3.63, 3.8) is 0 Å². The van der Waals surface area contributed by atoms with Crippen LogP contribution in [-0.2, 0) is 6.54 Å². The van der Waals surface area contributed by atoms with E-state index >= 15 is 0 Å². The first kappa shape index (κ1) is 17.1. The second-order valence-corrected chi connectivity index (χ2v) is 6.65. The van der Waals surface area contributed by atoms with E-state index in [2.05, 4.69) is 16.3 Å². The van der Waals surface area contributed by atoms with Crippen molar-refractivity contribution in [2.45, 2.75) is 6.54 Å². The number of hydrogen-bond acceptors (Lipinski definition) is 2. The van der Waals surface area contributed by atoms with Crippen LogP contribution in [0, 0.1) is 0 Å². The minimum atomic E-state index is -0.106. The Labute approximate surface area is 152 Å². The highest BCUT2D eigenvalue weighted by Crippen LogP contribution is 2.21. The molecule has 126 valence electrons. The van der Waals surface area contributed by atoms with Crippen molar-refractivity contribution in [3.8, 4) is 0 Å². The number of urea groups is 1. The molecule has 1 aliphatic rings. The quantitative estimate of drug-likeness (QED) is 0.879. The van der Waals surface area contributed by atoms with E-state index in [4.69, 9.17) is 23.2 Å². The van der Waals surface area contributed by atoms with Crippen LogP contribution in [0.3, 0.4) is 0 Å². The summed E-state index contributed by atoms with van der Waals surface area (Å²) in [6.07, 6.45) is 0. The first-order valence-corrected chi connectivity index (χ1v) is 8.65. The largest absolute Gasteiger partial charge is 0.322 e. The first-order chi connectivity index (χ1) is 11.6. The highest BCUT2D eigenvalue weighted by atomic mass is 35.5. The molecule has 3 rings (SSSR count). The molecule has 0 unspecified atom stereocenters. The maximum atomic E-state index is 12.3. The fourth-order valence-electron chi connectivity index (χ4n) is 2.76. The van der Waals surface area contributed by atoms with Crippen LogP contribution in [0.15, 0.2) is 48.5 Å². The first-order valence-electron chi connectivity index (χ1n) is 7.89. The van der Waals surface area contributed by atoms with Gasteiger partial charge in [0.2, 0.25) is 0 Å².